The molecule has 0 bridgehead atoms. The number of aromatic hydroxyl groups is 1. The summed E-state index contributed by atoms with van der Waals surface area (Å²) in [5.74, 6) is -0.381. The smallest absolute Gasteiger partial charge is 0.255 e. The van der Waals surface area contributed by atoms with Gasteiger partial charge in [0.05, 0.1) is 11.2 Å². The summed E-state index contributed by atoms with van der Waals surface area (Å²) in [6, 6.07) is 4.89. The van der Waals surface area contributed by atoms with Gasteiger partial charge in [0, 0.05) is 10.1 Å². The number of rotatable bonds is 3. The maximum absolute atomic E-state index is 12.1. The Balaban J connectivity index is 1.97. The van der Waals surface area contributed by atoms with E-state index in [1.807, 2.05) is 0 Å². The van der Waals surface area contributed by atoms with Crippen LogP contribution in [0.5, 0.6) is 5.75 Å². The van der Waals surface area contributed by atoms with E-state index in [4.69, 9.17) is 0 Å². The fourth-order valence-electron chi connectivity index (χ4n) is 2.60. The fraction of sp³-hybridized carbons (Fsp3) is 0.562. The molecule has 1 aliphatic carbocycles. The molecular formula is C16H22INO3. The van der Waals surface area contributed by atoms with E-state index in [1.165, 1.54) is 6.07 Å². The molecule has 0 aliphatic heterocycles. The molecule has 116 valence electrons. The largest absolute Gasteiger partial charge is 0.507 e. The van der Waals surface area contributed by atoms with Crippen molar-refractivity contribution in [2.75, 3.05) is 6.54 Å². The van der Waals surface area contributed by atoms with E-state index in [-0.39, 0.29) is 29.2 Å². The van der Waals surface area contributed by atoms with Crippen molar-refractivity contribution in [3.05, 3.63) is 27.3 Å². The van der Waals surface area contributed by atoms with Crippen molar-refractivity contribution in [3.63, 3.8) is 0 Å². The lowest BCUT2D eigenvalue weighted by Crippen LogP contribution is -2.46. The minimum Gasteiger partial charge on any atom is -0.507 e. The Morgan fingerprint density at radius 3 is 2.52 bits per heavy atom. The van der Waals surface area contributed by atoms with E-state index in [0.29, 0.717) is 12.8 Å². The molecular weight excluding hydrogens is 381 g/mol. The number of benzene rings is 1. The SMILES string of the molecule is CC1(C)CCC(O)(CNC(=O)c2cc(I)ccc2O)CC1. The summed E-state index contributed by atoms with van der Waals surface area (Å²) in [6.45, 7) is 4.64. The minimum atomic E-state index is -0.831. The first-order valence-corrected chi connectivity index (χ1v) is 8.28. The van der Waals surface area contributed by atoms with Crippen LogP contribution in [0.1, 0.15) is 49.9 Å². The molecule has 2 rings (SSSR count). The Morgan fingerprint density at radius 1 is 1.29 bits per heavy atom. The molecule has 1 fully saturated rings. The Morgan fingerprint density at radius 2 is 1.90 bits per heavy atom. The third-order valence-corrected chi connectivity index (χ3v) is 4.99. The number of phenols is 1. The van der Waals surface area contributed by atoms with Crippen molar-refractivity contribution in [1.29, 1.82) is 0 Å². The fourth-order valence-corrected chi connectivity index (χ4v) is 3.09. The topological polar surface area (TPSA) is 69.6 Å². The summed E-state index contributed by atoms with van der Waals surface area (Å²) < 4.78 is 0.883. The van der Waals surface area contributed by atoms with Gasteiger partial charge in [-0.3, -0.25) is 4.79 Å². The van der Waals surface area contributed by atoms with Crippen molar-refractivity contribution in [1.82, 2.24) is 5.32 Å². The van der Waals surface area contributed by atoms with Gasteiger partial charge < -0.3 is 15.5 Å². The summed E-state index contributed by atoms with van der Waals surface area (Å²) >= 11 is 2.09. The lowest BCUT2D eigenvalue weighted by Gasteiger charge is -2.40. The van der Waals surface area contributed by atoms with Crippen LogP contribution in [0, 0.1) is 8.99 Å². The van der Waals surface area contributed by atoms with Crippen molar-refractivity contribution < 1.29 is 15.0 Å². The average Bonchev–Trinajstić information content (AvgIpc) is 2.43. The molecule has 1 aromatic carbocycles. The summed E-state index contributed by atoms with van der Waals surface area (Å²) in [5.41, 5.74) is -0.311. The number of phenolic OH excluding ortho intramolecular Hbond substituents is 1. The first-order valence-electron chi connectivity index (χ1n) is 7.20. The monoisotopic (exact) mass is 403 g/mol. The van der Waals surface area contributed by atoms with Crippen LogP contribution in [0.25, 0.3) is 0 Å². The van der Waals surface area contributed by atoms with E-state index in [9.17, 15) is 15.0 Å². The molecule has 1 aromatic rings. The number of halogens is 1. The normalized spacial score (nSPS) is 20.0. The Kier molecular flexibility index (Phi) is 4.82. The highest BCUT2D eigenvalue weighted by atomic mass is 127. The van der Waals surface area contributed by atoms with Gasteiger partial charge in [0.25, 0.3) is 5.91 Å². The summed E-state index contributed by atoms with van der Waals surface area (Å²) in [5, 5.41) is 23.0. The number of aliphatic hydroxyl groups is 1. The average molecular weight is 403 g/mol. The second kappa shape index (κ2) is 6.12. The lowest BCUT2D eigenvalue weighted by atomic mass is 9.71. The molecule has 0 radical (unpaired) electrons. The van der Waals surface area contributed by atoms with Gasteiger partial charge in [-0.15, -0.1) is 0 Å². The van der Waals surface area contributed by atoms with Crippen molar-refractivity contribution in [2.45, 2.75) is 45.1 Å². The van der Waals surface area contributed by atoms with E-state index < -0.39 is 5.60 Å². The summed E-state index contributed by atoms with van der Waals surface area (Å²) in [6.07, 6.45) is 3.29. The van der Waals surface area contributed by atoms with Crippen LogP contribution in [-0.4, -0.2) is 28.3 Å². The zero-order chi connectivity index (χ0) is 15.7. The van der Waals surface area contributed by atoms with Gasteiger partial charge in [-0.25, -0.2) is 0 Å². The zero-order valence-corrected chi connectivity index (χ0v) is 14.6. The first kappa shape index (κ1) is 16.5. The van der Waals surface area contributed by atoms with Crippen molar-refractivity contribution in [3.8, 4) is 5.75 Å². The molecule has 0 unspecified atom stereocenters. The number of amides is 1. The van der Waals surface area contributed by atoms with Crippen LogP contribution < -0.4 is 5.32 Å². The van der Waals surface area contributed by atoms with Crippen molar-refractivity contribution in [2.24, 2.45) is 5.41 Å². The molecule has 21 heavy (non-hydrogen) atoms. The maximum Gasteiger partial charge on any atom is 0.255 e. The molecule has 0 aromatic heterocycles. The molecule has 3 N–H and O–H groups in total. The third kappa shape index (κ3) is 4.32. The van der Waals surface area contributed by atoms with Gasteiger partial charge in [-0.2, -0.15) is 0 Å². The van der Waals surface area contributed by atoms with Crippen LogP contribution in [0.2, 0.25) is 0 Å². The number of nitrogens with one attached hydrogen (secondary N) is 1. The summed E-state index contributed by atoms with van der Waals surface area (Å²) in [4.78, 5) is 12.1. The second-order valence-corrected chi connectivity index (χ2v) is 7.98. The Labute approximate surface area is 139 Å². The number of hydrogen-bond donors (Lipinski definition) is 3. The standard InChI is InChI=1S/C16H22INO3/c1-15(2)5-7-16(21,8-6-15)10-18-14(20)12-9-11(17)3-4-13(12)19/h3-4,9,19,21H,5-8,10H2,1-2H3,(H,18,20). The Bertz CT molecular complexity index is 532. The van der Waals surface area contributed by atoms with Gasteiger partial charge in [-0.1, -0.05) is 13.8 Å². The second-order valence-electron chi connectivity index (χ2n) is 6.73. The predicted octanol–water partition coefficient (Wildman–Crippen LogP) is 3.06. The van der Waals surface area contributed by atoms with Crippen LogP contribution in [0.3, 0.4) is 0 Å². The van der Waals surface area contributed by atoms with E-state index in [1.54, 1.807) is 12.1 Å². The number of carbonyl (C=O) groups excluding carboxylic acids is 1. The highest BCUT2D eigenvalue weighted by Gasteiger charge is 2.36. The van der Waals surface area contributed by atoms with E-state index in [2.05, 4.69) is 41.8 Å². The predicted molar refractivity (Wildman–Crippen MR) is 90.4 cm³/mol. The van der Waals surface area contributed by atoms with Crippen LogP contribution in [0.4, 0.5) is 0 Å². The van der Waals surface area contributed by atoms with Gasteiger partial charge in [-0.05, 0) is 71.9 Å². The van der Waals surface area contributed by atoms with E-state index >= 15 is 0 Å². The molecule has 0 heterocycles. The molecule has 0 atom stereocenters. The highest BCUT2D eigenvalue weighted by Crippen LogP contribution is 2.39. The van der Waals surface area contributed by atoms with Crippen LogP contribution in [0.15, 0.2) is 18.2 Å². The Hall–Kier alpha value is -0.820. The minimum absolute atomic E-state index is 0.0373. The van der Waals surface area contributed by atoms with Gasteiger partial charge in [0.1, 0.15) is 5.75 Å². The quantitative estimate of drug-likeness (QED) is 0.680. The first-order chi connectivity index (χ1) is 9.71. The molecule has 1 saturated carbocycles. The zero-order valence-electron chi connectivity index (χ0n) is 12.4. The number of hydrogen-bond acceptors (Lipinski definition) is 3. The summed E-state index contributed by atoms with van der Waals surface area (Å²) in [7, 11) is 0. The van der Waals surface area contributed by atoms with Gasteiger partial charge >= 0.3 is 0 Å². The third-order valence-electron chi connectivity index (χ3n) is 4.32. The highest BCUT2D eigenvalue weighted by molar-refractivity contribution is 14.1. The molecule has 1 amide bonds. The van der Waals surface area contributed by atoms with Crippen molar-refractivity contribution >= 4 is 28.5 Å². The molecule has 1 aliphatic rings. The van der Waals surface area contributed by atoms with Crippen LogP contribution in [-0.2, 0) is 0 Å². The molecule has 4 nitrogen and oxygen atoms in total. The van der Waals surface area contributed by atoms with Crippen LogP contribution >= 0.6 is 22.6 Å². The van der Waals surface area contributed by atoms with E-state index in [0.717, 1.165) is 16.4 Å². The molecule has 5 heteroatoms. The number of carbonyl (C=O) groups is 1. The molecule has 0 saturated heterocycles. The van der Waals surface area contributed by atoms with Gasteiger partial charge in [0.2, 0.25) is 0 Å². The lowest BCUT2D eigenvalue weighted by molar-refractivity contribution is -0.0233. The molecule has 0 spiro atoms. The maximum atomic E-state index is 12.1. The van der Waals surface area contributed by atoms with Gasteiger partial charge in [0.15, 0.2) is 0 Å².